The van der Waals surface area contributed by atoms with E-state index in [0.29, 0.717) is 6.04 Å². The maximum atomic E-state index is 6.20. The van der Waals surface area contributed by atoms with Crippen molar-refractivity contribution >= 4 is 0 Å². The topological polar surface area (TPSA) is 21.3 Å². The van der Waals surface area contributed by atoms with E-state index in [4.69, 9.17) is 4.74 Å². The van der Waals surface area contributed by atoms with Gasteiger partial charge in [0.15, 0.2) is 0 Å². The Hall–Kier alpha value is -0.0800. The summed E-state index contributed by atoms with van der Waals surface area (Å²) < 4.78 is 6.20. The van der Waals surface area contributed by atoms with Gasteiger partial charge in [0.25, 0.3) is 0 Å². The maximum Gasteiger partial charge on any atom is 0.0685 e. The average Bonchev–Trinajstić information content (AvgIpc) is 2.87. The standard InChI is InChI=1S/C17H33NO/c1-4-14(5-2)16(18-6-3)15-9-12-19-17(13-15)10-7-8-11-17/h14-16,18H,4-13H2,1-3H3. The highest BCUT2D eigenvalue weighted by atomic mass is 16.5. The van der Waals surface area contributed by atoms with Gasteiger partial charge in [0.1, 0.15) is 0 Å². The summed E-state index contributed by atoms with van der Waals surface area (Å²) in [5, 5.41) is 3.81. The zero-order valence-electron chi connectivity index (χ0n) is 13.2. The fraction of sp³-hybridized carbons (Fsp3) is 1.00. The van der Waals surface area contributed by atoms with Gasteiger partial charge in [-0.15, -0.1) is 0 Å². The minimum atomic E-state index is 0.266. The first-order valence-corrected chi connectivity index (χ1v) is 8.62. The molecule has 2 fully saturated rings. The van der Waals surface area contributed by atoms with Gasteiger partial charge in [-0.1, -0.05) is 46.5 Å². The van der Waals surface area contributed by atoms with Gasteiger partial charge >= 0.3 is 0 Å². The first-order valence-electron chi connectivity index (χ1n) is 8.62. The van der Waals surface area contributed by atoms with Gasteiger partial charge in [0.2, 0.25) is 0 Å². The molecular weight excluding hydrogens is 234 g/mol. The van der Waals surface area contributed by atoms with Crippen LogP contribution < -0.4 is 5.32 Å². The SMILES string of the molecule is CCNC(C(CC)CC)C1CCOC2(CCCC2)C1. The second-order valence-corrected chi connectivity index (χ2v) is 6.65. The number of rotatable bonds is 6. The van der Waals surface area contributed by atoms with Gasteiger partial charge in [0, 0.05) is 12.6 Å². The van der Waals surface area contributed by atoms with Crippen molar-refractivity contribution in [1.82, 2.24) is 5.32 Å². The first-order chi connectivity index (χ1) is 9.24. The van der Waals surface area contributed by atoms with Crippen LogP contribution in [0, 0.1) is 11.8 Å². The summed E-state index contributed by atoms with van der Waals surface area (Å²) in [6, 6.07) is 0.710. The molecule has 0 aromatic heterocycles. The third kappa shape index (κ3) is 3.52. The molecular formula is C17H33NO. The van der Waals surface area contributed by atoms with E-state index in [2.05, 4.69) is 26.1 Å². The Morgan fingerprint density at radius 3 is 2.42 bits per heavy atom. The molecule has 1 saturated heterocycles. The van der Waals surface area contributed by atoms with Gasteiger partial charge in [0.05, 0.1) is 5.60 Å². The lowest BCUT2D eigenvalue weighted by Gasteiger charge is -2.43. The summed E-state index contributed by atoms with van der Waals surface area (Å²) in [6.07, 6.45) is 10.6. The Labute approximate surface area is 119 Å². The molecule has 112 valence electrons. The molecule has 1 spiro atoms. The van der Waals surface area contributed by atoms with Crippen LogP contribution in [0.4, 0.5) is 0 Å². The van der Waals surface area contributed by atoms with Gasteiger partial charge < -0.3 is 10.1 Å². The number of hydrogen-bond acceptors (Lipinski definition) is 2. The van der Waals surface area contributed by atoms with E-state index in [9.17, 15) is 0 Å². The summed E-state index contributed by atoms with van der Waals surface area (Å²) in [5.41, 5.74) is 0.266. The molecule has 1 aliphatic carbocycles. The van der Waals surface area contributed by atoms with E-state index in [1.807, 2.05) is 0 Å². The highest BCUT2D eigenvalue weighted by Gasteiger charge is 2.42. The van der Waals surface area contributed by atoms with E-state index >= 15 is 0 Å². The van der Waals surface area contributed by atoms with E-state index in [-0.39, 0.29) is 5.60 Å². The number of nitrogens with one attached hydrogen (secondary N) is 1. The molecule has 2 nitrogen and oxygen atoms in total. The van der Waals surface area contributed by atoms with Gasteiger partial charge in [-0.2, -0.15) is 0 Å². The molecule has 2 unspecified atom stereocenters. The third-order valence-electron chi connectivity index (χ3n) is 5.55. The molecule has 0 bridgehead atoms. The van der Waals surface area contributed by atoms with Crippen LogP contribution in [0.25, 0.3) is 0 Å². The second-order valence-electron chi connectivity index (χ2n) is 6.65. The van der Waals surface area contributed by atoms with Crippen molar-refractivity contribution in [2.45, 2.75) is 83.8 Å². The maximum absolute atomic E-state index is 6.20. The van der Waals surface area contributed by atoms with Crippen LogP contribution >= 0.6 is 0 Å². The highest BCUT2D eigenvalue weighted by molar-refractivity contribution is 4.95. The molecule has 1 aliphatic heterocycles. The van der Waals surface area contributed by atoms with E-state index in [0.717, 1.165) is 25.0 Å². The molecule has 2 heteroatoms. The van der Waals surface area contributed by atoms with Crippen molar-refractivity contribution in [3.63, 3.8) is 0 Å². The highest BCUT2D eigenvalue weighted by Crippen LogP contribution is 2.44. The molecule has 0 radical (unpaired) electrons. The predicted octanol–water partition coefficient (Wildman–Crippen LogP) is 4.14. The van der Waals surface area contributed by atoms with Crippen LogP contribution in [0.1, 0.15) is 72.1 Å². The van der Waals surface area contributed by atoms with Crippen LogP contribution in [-0.4, -0.2) is 24.8 Å². The Bertz CT molecular complexity index is 256. The van der Waals surface area contributed by atoms with E-state index in [1.165, 1.54) is 51.4 Å². The number of ether oxygens (including phenoxy) is 1. The molecule has 0 aromatic rings. The summed E-state index contributed by atoms with van der Waals surface area (Å²) in [4.78, 5) is 0. The van der Waals surface area contributed by atoms with Crippen LogP contribution in [0.5, 0.6) is 0 Å². The minimum Gasteiger partial charge on any atom is -0.375 e. The lowest BCUT2D eigenvalue weighted by molar-refractivity contribution is -0.101. The summed E-state index contributed by atoms with van der Waals surface area (Å²) >= 11 is 0. The summed E-state index contributed by atoms with van der Waals surface area (Å²) in [6.45, 7) is 9.05. The zero-order valence-corrected chi connectivity index (χ0v) is 13.2. The third-order valence-corrected chi connectivity index (χ3v) is 5.55. The number of hydrogen-bond donors (Lipinski definition) is 1. The lowest BCUT2D eigenvalue weighted by atomic mass is 9.75. The Kier molecular flexibility index (Phi) is 5.70. The smallest absolute Gasteiger partial charge is 0.0685 e. The molecule has 1 saturated carbocycles. The Morgan fingerprint density at radius 1 is 1.16 bits per heavy atom. The van der Waals surface area contributed by atoms with E-state index < -0.39 is 0 Å². The van der Waals surface area contributed by atoms with Crippen molar-refractivity contribution in [2.75, 3.05) is 13.2 Å². The summed E-state index contributed by atoms with van der Waals surface area (Å²) in [7, 11) is 0. The minimum absolute atomic E-state index is 0.266. The quantitative estimate of drug-likeness (QED) is 0.781. The van der Waals surface area contributed by atoms with Crippen molar-refractivity contribution < 1.29 is 4.74 Å². The normalized spacial score (nSPS) is 28.1. The summed E-state index contributed by atoms with van der Waals surface area (Å²) in [5.74, 6) is 1.67. The van der Waals surface area contributed by atoms with Crippen molar-refractivity contribution in [2.24, 2.45) is 11.8 Å². The largest absolute Gasteiger partial charge is 0.375 e. The zero-order chi connectivity index (χ0) is 13.7. The second kappa shape index (κ2) is 7.08. The van der Waals surface area contributed by atoms with Gasteiger partial charge in [-0.25, -0.2) is 0 Å². The average molecular weight is 267 g/mol. The van der Waals surface area contributed by atoms with Crippen molar-refractivity contribution in [3.05, 3.63) is 0 Å². The fourth-order valence-corrected chi connectivity index (χ4v) is 4.49. The molecule has 1 heterocycles. The molecule has 2 aliphatic rings. The first kappa shape index (κ1) is 15.3. The monoisotopic (exact) mass is 267 g/mol. The van der Waals surface area contributed by atoms with Crippen LogP contribution in [0.15, 0.2) is 0 Å². The van der Waals surface area contributed by atoms with Crippen LogP contribution in [0.2, 0.25) is 0 Å². The fourth-order valence-electron chi connectivity index (χ4n) is 4.49. The Balaban J connectivity index is 2.03. The molecule has 2 atom stereocenters. The van der Waals surface area contributed by atoms with Crippen LogP contribution in [0.3, 0.4) is 0 Å². The molecule has 2 rings (SSSR count). The Morgan fingerprint density at radius 2 is 1.84 bits per heavy atom. The van der Waals surface area contributed by atoms with E-state index in [1.54, 1.807) is 0 Å². The van der Waals surface area contributed by atoms with Crippen molar-refractivity contribution in [1.29, 1.82) is 0 Å². The van der Waals surface area contributed by atoms with Gasteiger partial charge in [-0.05, 0) is 44.1 Å². The molecule has 19 heavy (non-hydrogen) atoms. The van der Waals surface area contributed by atoms with Gasteiger partial charge in [-0.3, -0.25) is 0 Å². The lowest BCUT2D eigenvalue weighted by Crippen LogP contribution is -2.48. The molecule has 0 amide bonds. The molecule has 0 aromatic carbocycles. The predicted molar refractivity (Wildman–Crippen MR) is 81.4 cm³/mol. The van der Waals surface area contributed by atoms with Crippen LogP contribution in [-0.2, 0) is 4.74 Å². The molecule has 1 N–H and O–H groups in total. The van der Waals surface area contributed by atoms with Crippen molar-refractivity contribution in [3.8, 4) is 0 Å².